The van der Waals surface area contributed by atoms with Crippen molar-refractivity contribution in [3.05, 3.63) is 117 Å². The highest BCUT2D eigenvalue weighted by Gasteiger charge is 2.39. The van der Waals surface area contributed by atoms with E-state index >= 15 is 8.78 Å². The lowest BCUT2D eigenvalue weighted by atomic mass is 9.84. The number of hydrogen-bond donors (Lipinski definition) is 1. The van der Waals surface area contributed by atoms with Crippen molar-refractivity contribution in [3.8, 4) is 11.5 Å². The van der Waals surface area contributed by atoms with E-state index in [9.17, 15) is 40.7 Å². The fourth-order valence-corrected chi connectivity index (χ4v) is 7.34. The number of hydrogen-bond acceptors (Lipinski definition) is 6. The Morgan fingerprint density at radius 2 is 1.41 bits per heavy atom. The van der Waals surface area contributed by atoms with Gasteiger partial charge in [-0.2, -0.15) is 4.31 Å². The third-order valence-electron chi connectivity index (χ3n) is 8.96. The Morgan fingerprint density at radius 3 is 1.96 bits per heavy atom. The van der Waals surface area contributed by atoms with Gasteiger partial charge in [0.2, 0.25) is 21.7 Å². The van der Waals surface area contributed by atoms with Gasteiger partial charge in [0.25, 0.3) is 0 Å². The number of anilines is 1. The van der Waals surface area contributed by atoms with E-state index in [2.05, 4.69) is 6.07 Å². The molecule has 4 aromatic carbocycles. The maximum Gasteiger partial charge on any atom is 0.335 e. The van der Waals surface area contributed by atoms with Crippen LogP contribution in [0.5, 0.6) is 11.5 Å². The fraction of sp³-hybridized carbons (Fsp3) is 0.316. The number of carbonyl (C=O) groups excluding carboxylic acids is 1. The molecule has 0 heterocycles. The van der Waals surface area contributed by atoms with E-state index in [1.54, 1.807) is 0 Å². The predicted molar refractivity (Wildman–Crippen MR) is 185 cm³/mol. The molecule has 16 heteroatoms. The van der Waals surface area contributed by atoms with E-state index in [0.717, 1.165) is 60.2 Å². The first kappa shape index (κ1) is 40.1. The Bertz CT molecular complexity index is 2210. The van der Waals surface area contributed by atoms with Crippen LogP contribution in [0.1, 0.15) is 72.1 Å². The van der Waals surface area contributed by atoms with Crippen molar-refractivity contribution < 1.29 is 58.9 Å². The van der Waals surface area contributed by atoms with Crippen LogP contribution in [0.3, 0.4) is 0 Å². The summed E-state index contributed by atoms with van der Waals surface area (Å²) in [5.74, 6) is -16.3. The molecule has 0 aliphatic heterocycles. The number of halogens is 6. The van der Waals surface area contributed by atoms with Gasteiger partial charge < -0.3 is 19.5 Å². The third-order valence-corrected chi connectivity index (χ3v) is 10.8. The number of methoxy groups -OCH3 is 2. The molecule has 0 bridgehead atoms. The van der Waals surface area contributed by atoms with Crippen LogP contribution in [0, 0.1) is 34.9 Å². The summed E-state index contributed by atoms with van der Waals surface area (Å²) in [7, 11) is -3.46. The molecule has 1 fully saturated rings. The average molecular weight is 779 g/mol. The van der Waals surface area contributed by atoms with Gasteiger partial charge in [-0.25, -0.2) is 39.6 Å². The van der Waals surface area contributed by atoms with Crippen molar-refractivity contribution in [1.82, 2.24) is 4.31 Å². The summed E-state index contributed by atoms with van der Waals surface area (Å²) in [6.45, 7) is 3.47. The second-order valence-corrected chi connectivity index (χ2v) is 15.7. The molecule has 4 aromatic rings. The van der Waals surface area contributed by atoms with E-state index in [0.29, 0.717) is 5.56 Å². The number of carboxylic acids is 1. The van der Waals surface area contributed by atoms with Gasteiger partial charge in [0.05, 0.1) is 38.6 Å². The van der Waals surface area contributed by atoms with Gasteiger partial charge in [0.1, 0.15) is 17.3 Å². The number of carbonyl (C=O) groups is 2. The summed E-state index contributed by atoms with van der Waals surface area (Å²) in [5.41, 5.74) is 1.76. The first-order chi connectivity index (χ1) is 25.3. The largest absolute Gasteiger partial charge is 0.496 e. The monoisotopic (exact) mass is 778 g/mol. The smallest absolute Gasteiger partial charge is 0.335 e. The molecule has 5 rings (SSSR count). The Balaban J connectivity index is 1.69. The summed E-state index contributed by atoms with van der Waals surface area (Å²) in [4.78, 5) is 25.2. The van der Waals surface area contributed by atoms with Crippen molar-refractivity contribution >= 4 is 27.6 Å². The number of amides is 1. The first-order valence-electron chi connectivity index (χ1n) is 16.5. The van der Waals surface area contributed by atoms with Crippen molar-refractivity contribution in [2.75, 3.05) is 25.7 Å². The van der Waals surface area contributed by atoms with Gasteiger partial charge in [0.15, 0.2) is 28.2 Å². The minimum Gasteiger partial charge on any atom is -0.496 e. The lowest BCUT2D eigenvalue weighted by Crippen LogP contribution is -2.43. The molecule has 0 atom stereocenters. The van der Waals surface area contributed by atoms with Crippen LogP contribution in [0.25, 0.3) is 0 Å². The second kappa shape index (κ2) is 15.3. The highest BCUT2D eigenvalue weighted by molar-refractivity contribution is 7.89. The van der Waals surface area contributed by atoms with Gasteiger partial charge in [-0.05, 0) is 65.1 Å². The second-order valence-electron chi connectivity index (χ2n) is 13.8. The summed E-state index contributed by atoms with van der Waals surface area (Å²) < 4.78 is 126. The number of rotatable bonds is 13. The zero-order valence-electron chi connectivity index (χ0n) is 29.8. The molecule has 1 aliphatic carbocycles. The van der Waals surface area contributed by atoms with Crippen molar-refractivity contribution in [1.29, 1.82) is 0 Å². The molecule has 0 spiro atoms. The van der Waals surface area contributed by atoms with E-state index < -0.39 is 74.8 Å². The molecule has 0 saturated heterocycles. The molecular formula is C38H36F6N2O7S. The van der Waals surface area contributed by atoms with Crippen LogP contribution in [-0.2, 0) is 33.3 Å². The molecule has 54 heavy (non-hydrogen) atoms. The lowest BCUT2D eigenvalue weighted by molar-refractivity contribution is -0.119. The Morgan fingerprint density at radius 1 is 0.796 bits per heavy atom. The molecule has 0 radical (unpaired) electrons. The standard InChI is InChI=1S/C38H36F6N2O7S/c1-38(2,3)25-13-20(12-24(14-25)21-6-7-21)17-46(27-11-9-22(37(48)49)15-29(27)53-5)30(47)19-45(18-23-8-10-26(39)16-28(23)52-4)54(50,51)36-34(43)32(41)31(40)33(42)35(36)44/h8-16,21H,6-7,17-19H2,1-5H3,(H,48,49). The zero-order chi connectivity index (χ0) is 39.9. The first-order valence-corrected chi connectivity index (χ1v) is 17.9. The predicted octanol–water partition coefficient (Wildman–Crippen LogP) is 7.84. The number of nitrogens with zero attached hydrogens (tertiary/aromatic N) is 2. The minimum atomic E-state index is -5.78. The lowest BCUT2D eigenvalue weighted by Gasteiger charge is -2.30. The molecule has 9 nitrogen and oxygen atoms in total. The number of benzene rings is 4. The fourth-order valence-electron chi connectivity index (χ4n) is 5.86. The quantitative estimate of drug-likeness (QED) is 0.0837. The van der Waals surface area contributed by atoms with Gasteiger partial charge in [-0.15, -0.1) is 0 Å². The molecule has 1 saturated carbocycles. The molecule has 0 unspecified atom stereocenters. The van der Waals surface area contributed by atoms with Crippen LogP contribution < -0.4 is 14.4 Å². The van der Waals surface area contributed by atoms with Crippen molar-refractivity contribution in [2.45, 2.75) is 62.9 Å². The van der Waals surface area contributed by atoms with Gasteiger partial charge >= 0.3 is 5.97 Å². The van der Waals surface area contributed by atoms with Crippen LogP contribution in [0.15, 0.2) is 59.5 Å². The van der Waals surface area contributed by atoms with Crippen LogP contribution in [-0.4, -0.2) is 50.5 Å². The third kappa shape index (κ3) is 8.18. The molecular weight excluding hydrogens is 742 g/mol. The summed E-state index contributed by atoms with van der Waals surface area (Å²) in [5, 5.41) is 9.61. The normalized spacial score (nSPS) is 13.3. The number of ether oxygens (including phenoxy) is 2. The summed E-state index contributed by atoms with van der Waals surface area (Å²) in [6, 6.07) is 12.2. The number of aromatic carboxylic acids is 1. The van der Waals surface area contributed by atoms with Gasteiger partial charge in [-0.1, -0.05) is 45.0 Å². The van der Waals surface area contributed by atoms with Crippen LogP contribution in [0.4, 0.5) is 32.0 Å². The van der Waals surface area contributed by atoms with Crippen molar-refractivity contribution in [3.63, 3.8) is 0 Å². The molecule has 0 aromatic heterocycles. The molecule has 1 amide bonds. The van der Waals surface area contributed by atoms with Gasteiger partial charge in [0, 0.05) is 18.2 Å². The highest BCUT2D eigenvalue weighted by atomic mass is 32.2. The maximum absolute atomic E-state index is 15.1. The Kier molecular flexibility index (Phi) is 11.4. The maximum atomic E-state index is 15.1. The van der Waals surface area contributed by atoms with Crippen molar-refractivity contribution in [2.24, 2.45) is 0 Å². The van der Waals surface area contributed by atoms with E-state index in [4.69, 9.17) is 9.47 Å². The van der Waals surface area contributed by atoms with Crippen LogP contribution in [0.2, 0.25) is 0 Å². The molecule has 1 aliphatic rings. The Labute approximate surface area is 307 Å². The topological polar surface area (TPSA) is 113 Å². The zero-order valence-corrected chi connectivity index (χ0v) is 30.6. The van der Waals surface area contributed by atoms with Gasteiger partial charge in [-0.3, -0.25) is 4.79 Å². The Hall–Kier alpha value is -5.09. The minimum absolute atomic E-state index is 0.0328. The summed E-state index contributed by atoms with van der Waals surface area (Å²) in [6.07, 6.45) is 1.88. The van der Waals surface area contributed by atoms with Crippen LogP contribution >= 0.6 is 0 Å². The van der Waals surface area contributed by atoms with E-state index in [1.807, 2.05) is 32.9 Å². The molecule has 1 N–H and O–H groups in total. The van der Waals surface area contributed by atoms with E-state index in [-0.39, 0.29) is 50.5 Å². The SMILES string of the molecule is COc1cc(F)ccc1CN(CC(=O)N(Cc1cc(C2CC2)cc(C(C)(C)C)c1)c1ccc(C(=O)O)cc1OC)S(=O)(=O)c1c(F)c(F)c(F)c(F)c1F. The highest BCUT2D eigenvalue weighted by Crippen LogP contribution is 2.42. The van der Waals surface area contributed by atoms with E-state index in [1.165, 1.54) is 19.2 Å². The number of sulfonamides is 1. The average Bonchev–Trinajstić information content (AvgIpc) is 3.97. The molecule has 288 valence electrons. The summed E-state index contributed by atoms with van der Waals surface area (Å²) >= 11 is 0. The number of carboxylic acid groups (broad SMARTS) is 1.